The van der Waals surface area contributed by atoms with Crippen molar-refractivity contribution in [1.82, 2.24) is 20.1 Å². The van der Waals surface area contributed by atoms with Crippen LogP contribution < -0.4 is 5.32 Å². The van der Waals surface area contributed by atoms with Gasteiger partial charge in [0.2, 0.25) is 5.91 Å². The number of thioether (sulfide) groups is 1. The minimum Gasteiger partial charge on any atom is -0.346 e. The van der Waals surface area contributed by atoms with E-state index in [2.05, 4.69) is 15.5 Å². The van der Waals surface area contributed by atoms with Crippen molar-refractivity contribution in [2.24, 2.45) is 5.41 Å². The van der Waals surface area contributed by atoms with E-state index in [-0.39, 0.29) is 23.3 Å². The molecule has 8 nitrogen and oxygen atoms in total. The molecule has 11 heteroatoms. The molecule has 33 heavy (non-hydrogen) atoms. The van der Waals surface area contributed by atoms with Crippen LogP contribution in [0.2, 0.25) is 0 Å². The molecule has 1 aromatic heterocycles. The van der Waals surface area contributed by atoms with E-state index in [1.54, 1.807) is 49.6 Å². The van der Waals surface area contributed by atoms with Crippen molar-refractivity contribution in [3.05, 3.63) is 75.9 Å². The molecule has 0 aliphatic carbocycles. The highest BCUT2D eigenvalue weighted by molar-refractivity contribution is 7.98. The average molecular weight is 492 g/mol. The highest BCUT2D eigenvalue weighted by atomic mass is 35.5. The molecule has 0 spiro atoms. The second kappa shape index (κ2) is 10.3. The lowest BCUT2D eigenvalue weighted by atomic mass is 9.95. The van der Waals surface area contributed by atoms with Crippen molar-refractivity contribution < 1.29 is 14.1 Å². The van der Waals surface area contributed by atoms with Crippen molar-refractivity contribution in [3.8, 4) is 5.69 Å². The standard InChI is InChI=1S/C22H23ClFN5O3S/c1-14(25-20(30)22(2,3)13-23)19-26-27-21(33-12-15-4-6-16(24)7-5-15)28(19)17-8-10-18(11-9-17)29(31)32/h4-11,14H,12-13H2,1-3H3,(H,25,30). The summed E-state index contributed by atoms with van der Waals surface area (Å²) >= 11 is 7.30. The van der Waals surface area contributed by atoms with E-state index in [9.17, 15) is 19.3 Å². The number of nitrogens with one attached hydrogen (secondary N) is 1. The number of benzene rings is 2. The summed E-state index contributed by atoms with van der Waals surface area (Å²) in [6, 6.07) is 11.6. The van der Waals surface area contributed by atoms with Gasteiger partial charge in [-0.3, -0.25) is 19.5 Å². The van der Waals surface area contributed by atoms with Crippen LogP contribution in [0, 0.1) is 21.3 Å². The number of amides is 1. The van der Waals surface area contributed by atoms with E-state index in [0.717, 1.165) is 5.56 Å². The summed E-state index contributed by atoms with van der Waals surface area (Å²) in [6.45, 7) is 5.27. The van der Waals surface area contributed by atoms with Gasteiger partial charge in [0, 0.05) is 29.5 Å². The van der Waals surface area contributed by atoms with Crippen molar-refractivity contribution in [2.45, 2.75) is 37.7 Å². The highest BCUT2D eigenvalue weighted by Crippen LogP contribution is 2.29. The molecule has 2 aromatic carbocycles. The molecule has 1 heterocycles. The van der Waals surface area contributed by atoms with Crippen LogP contribution in [0.1, 0.15) is 38.2 Å². The second-order valence-electron chi connectivity index (χ2n) is 8.08. The van der Waals surface area contributed by atoms with Crippen molar-refractivity contribution in [2.75, 3.05) is 5.88 Å². The van der Waals surface area contributed by atoms with E-state index in [1.807, 2.05) is 0 Å². The summed E-state index contributed by atoms with van der Waals surface area (Å²) in [7, 11) is 0. The van der Waals surface area contributed by atoms with Gasteiger partial charge in [-0.05, 0) is 50.6 Å². The van der Waals surface area contributed by atoms with Gasteiger partial charge in [-0.1, -0.05) is 23.9 Å². The first-order chi connectivity index (χ1) is 15.6. The van der Waals surface area contributed by atoms with Gasteiger partial charge in [0.15, 0.2) is 11.0 Å². The van der Waals surface area contributed by atoms with E-state index < -0.39 is 16.4 Å². The van der Waals surface area contributed by atoms with Crippen LogP contribution in [-0.2, 0) is 10.5 Å². The fourth-order valence-corrected chi connectivity index (χ4v) is 3.90. The van der Waals surface area contributed by atoms with E-state index >= 15 is 0 Å². The molecule has 0 fully saturated rings. The van der Waals surface area contributed by atoms with Crippen LogP contribution in [0.15, 0.2) is 53.7 Å². The van der Waals surface area contributed by atoms with Crippen LogP contribution >= 0.6 is 23.4 Å². The monoisotopic (exact) mass is 491 g/mol. The molecule has 1 atom stereocenters. The highest BCUT2D eigenvalue weighted by Gasteiger charge is 2.29. The molecule has 0 saturated heterocycles. The van der Waals surface area contributed by atoms with Crippen LogP contribution in [-0.4, -0.2) is 31.5 Å². The van der Waals surface area contributed by atoms with Gasteiger partial charge in [0.25, 0.3) is 5.69 Å². The third-order valence-corrected chi connectivity index (χ3v) is 6.61. The molecule has 0 saturated carbocycles. The summed E-state index contributed by atoms with van der Waals surface area (Å²) in [6.07, 6.45) is 0. The molecule has 3 rings (SSSR count). The van der Waals surface area contributed by atoms with Gasteiger partial charge in [-0.15, -0.1) is 21.8 Å². The van der Waals surface area contributed by atoms with Gasteiger partial charge in [0.1, 0.15) is 5.82 Å². The zero-order valence-corrected chi connectivity index (χ0v) is 19.9. The number of hydrogen-bond acceptors (Lipinski definition) is 6. The minimum atomic E-state index is -0.770. The van der Waals surface area contributed by atoms with Crippen LogP contribution in [0.3, 0.4) is 0 Å². The average Bonchev–Trinajstić information content (AvgIpc) is 3.22. The third kappa shape index (κ3) is 5.88. The zero-order chi connectivity index (χ0) is 24.2. The van der Waals surface area contributed by atoms with Crippen LogP contribution in [0.5, 0.6) is 0 Å². The number of hydrogen-bond donors (Lipinski definition) is 1. The Hall–Kier alpha value is -2.98. The summed E-state index contributed by atoms with van der Waals surface area (Å²) in [5.41, 5.74) is 0.694. The largest absolute Gasteiger partial charge is 0.346 e. The van der Waals surface area contributed by atoms with Gasteiger partial charge in [0.05, 0.1) is 16.4 Å². The molecule has 3 aromatic rings. The summed E-state index contributed by atoms with van der Waals surface area (Å²) < 4.78 is 15.0. The first-order valence-electron chi connectivity index (χ1n) is 10.1. The fourth-order valence-electron chi connectivity index (χ4n) is 2.87. The first kappa shape index (κ1) is 24.7. The molecule has 0 aliphatic rings. The number of alkyl halides is 1. The summed E-state index contributed by atoms with van der Waals surface area (Å²) in [5, 5.41) is 23.1. The quantitative estimate of drug-likeness (QED) is 0.194. The Labute approximate surface area is 199 Å². The number of nitrogens with zero attached hydrogens (tertiary/aromatic N) is 4. The number of nitro groups is 1. The lowest BCUT2D eigenvalue weighted by Crippen LogP contribution is -2.40. The number of rotatable bonds is 9. The molecule has 174 valence electrons. The van der Waals surface area contributed by atoms with Crippen molar-refractivity contribution >= 4 is 35.0 Å². The predicted octanol–water partition coefficient (Wildman–Crippen LogP) is 5.05. The molecule has 1 N–H and O–H groups in total. The Morgan fingerprint density at radius 3 is 2.42 bits per heavy atom. The third-order valence-electron chi connectivity index (χ3n) is 4.94. The van der Waals surface area contributed by atoms with E-state index in [4.69, 9.17) is 11.6 Å². The molecule has 0 bridgehead atoms. The molecule has 0 radical (unpaired) electrons. The molecule has 1 unspecified atom stereocenters. The predicted molar refractivity (Wildman–Crippen MR) is 125 cm³/mol. The smallest absolute Gasteiger partial charge is 0.269 e. The topological polar surface area (TPSA) is 103 Å². The first-order valence-corrected chi connectivity index (χ1v) is 11.6. The van der Waals surface area contributed by atoms with E-state index in [0.29, 0.717) is 22.4 Å². The molecular weight excluding hydrogens is 469 g/mol. The molecule has 1 amide bonds. The minimum absolute atomic E-state index is 0.0425. The van der Waals surface area contributed by atoms with Gasteiger partial charge in [-0.2, -0.15) is 0 Å². The summed E-state index contributed by atoms with van der Waals surface area (Å²) in [4.78, 5) is 23.2. The Balaban J connectivity index is 1.94. The fraction of sp³-hybridized carbons (Fsp3) is 0.318. The number of non-ortho nitro benzene ring substituents is 1. The number of nitro benzene ring substituents is 1. The Bertz CT molecular complexity index is 1140. The van der Waals surface area contributed by atoms with Gasteiger partial charge in [-0.25, -0.2) is 4.39 Å². The normalized spacial score (nSPS) is 12.4. The van der Waals surface area contributed by atoms with Crippen molar-refractivity contribution in [1.29, 1.82) is 0 Å². The Morgan fingerprint density at radius 1 is 1.21 bits per heavy atom. The number of aromatic nitrogens is 3. The maximum atomic E-state index is 13.2. The van der Waals surface area contributed by atoms with Crippen LogP contribution in [0.4, 0.5) is 10.1 Å². The molecular formula is C22H23ClFN5O3S. The van der Waals surface area contributed by atoms with Gasteiger partial charge < -0.3 is 5.32 Å². The maximum Gasteiger partial charge on any atom is 0.269 e. The molecule has 0 aliphatic heterocycles. The maximum absolute atomic E-state index is 13.2. The Kier molecular flexibility index (Phi) is 7.70. The second-order valence-corrected chi connectivity index (χ2v) is 9.29. The number of carbonyl (C=O) groups excluding carboxylic acids is 1. The SMILES string of the molecule is CC(NC(=O)C(C)(C)CCl)c1nnc(SCc2ccc(F)cc2)n1-c1ccc([N+](=O)[O-])cc1. The summed E-state index contributed by atoms with van der Waals surface area (Å²) in [5.74, 6) is 0.572. The van der Waals surface area contributed by atoms with Gasteiger partial charge >= 0.3 is 0 Å². The Morgan fingerprint density at radius 2 is 1.85 bits per heavy atom. The number of carbonyl (C=O) groups is 1. The number of halogens is 2. The lowest BCUT2D eigenvalue weighted by Gasteiger charge is -2.23. The van der Waals surface area contributed by atoms with E-state index in [1.165, 1.54) is 36.0 Å². The van der Waals surface area contributed by atoms with Crippen LogP contribution in [0.25, 0.3) is 5.69 Å². The lowest BCUT2D eigenvalue weighted by molar-refractivity contribution is -0.384. The zero-order valence-electron chi connectivity index (χ0n) is 18.3. The van der Waals surface area contributed by atoms with Crippen molar-refractivity contribution in [3.63, 3.8) is 0 Å².